The maximum absolute atomic E-state index is 5.41. The summed E-state index contributed by atoms with van der Waals surface area (Å²) in [5.74, 6) is 2.66. The lowest BCUT2D eigenvalue weighted by atomic mass is 9.64. The van der Waals surface area contributed by atoms with Crippen LogP contribution in [0.25, 0.3) is 95.0 Å². The average Bonchev–Trinajstić information content (AvgIpc) is 4.07. The Labute approximate surface area is 434 Å². The van der Waals surface area contributed by atoms with E-state index in [9.17, 15) is 0 Å². The van der Waals surface area contributed by atoms with Gasteiger partial charge in [0.05, 0.1) is 33.5 Å². The molecule has 0 unspecified atom stereocenters. The molecule has 10 aromatic carbocycles. The molecule has 75 heavy (non-hydrogen) atoms. The molecule has 3 aromatic heterocycles. The van der Waals surface area contributed by atoms with Gasteiger partial charge in [0.15, 0.2) is 11.6 Å². The molecule has 0 saturated heterocycles. The Bertz CT molecular complexity index is 4200. The van der Waals surface area contributed by atoms with Crippen LogP contribution in [0.2, 0.25) is 0 Å². The summed E-state index contributed by atoms with van der Waals surface area (Å²) < 4.78 is 2.33. The van der Waals surface area contributed by atoms with Gasteiger partial charge in [0.2, 0.25) is 5.95 Å². The molecule has 6 nitrogen and oxygen atoms in total. The van der Waals surface area contributed by atoms with E-state index in [2.05, 4.69) is 240 Å². The van der Waals surface area contributed by atoms with E-state index in [1.165, 1.54) is 33.0 Å². The predicted octanol–water partition coefficient (Wildman–Crippen LogP) is 16.8. The van der Waals surface area contributed by atoms with Gasteiger partial charge in [0, 0.05) is 27.5 Å². The standard InChI is InChI=1S/C69H44N6/c1-5-21-45(22-6-1)51-43-60(46-23-7-2-8-24-46)70-65(44-51)74-61-34-18-14-30-54(61)55-41-49(38-40-62(55)74)50-37-39-53-52-29-13-15-31-56(52)69(59(53)42-50)57-32-16-19-35-63(57)75(64-36-20-17-33-58(64)69)68-72-66(47-25-9-3-10-26-47)71-67(73-68)48-27-11-4-12-28-48/h1-44H. The highest BCUT2D eigenvalue weighted by molar-refractivity contribution is 6.10. The maximum atomic E-state index is 5.41. The lowest BCUT2D eigenvalue weighted by Gasteiger charge is -2.44. The van der Waals surface area contributed by atoms with E-state index in [0.717, 1.165) is 84.0 Å². The largest absolute Gasteiger partial charge is 0.294 e. The molecule has 1 spiro atoms. The highest BCUT2D eigenvalue weighted by Gasteiger charge is 2.52. The van der Waals surface area contributed by atoms with Crippen molar-refractivity contribution in [2.45, 2.75) is 5.41 Å². The first-order valence-electron chi connectivity index (χ1n) is 25.5. The minimum atomic E-state index is -0.671. The van der Waals surface area contributed by atoms with Crippen LogP contribution in [0, 0.1) is 0 Å². The molecule has 0 N–H and O–H groups in total. The first-order chi connectivity index (χ1) is 37.2. The molecule has 0 amide bonds. The first kappa shape index (κ1) is 42.6. The monoisotopic (exact) mass is 956 g/mol. The Kier molecular flexibility index (Phi) is 9.69. The van der Waals surface area contributed by atoms with Crippen LogP contribution in [0.5, 0.6) is 0 Å². The number of rotatable bonds is 7. The second kappa shape index (κ2) is 17.0. The highest BCUT2D eigenvalue weighted by atomic mass is 15.3. The number of anilines is 3. The average molecular weight is 957 g/mol. The molecular formula is C69H44N6. The molecule has 1 aliphatic heterocycles. The van der Waals surface area contributed by atoms with Gasteiger partial charge in [0.25, 0.3) is 0 Å². The van der Waals surface area contributed by atoms with Gasteiger partial charge >= 0.3 is 0 Å². The summed E-state index contributed by atoms with van der Waals surface area (Å²) in [5.41, 5.74) is 19.2. The second-order valence-electron chi connectivity index (χ2n) is 19.4. The van der Waals surface area contributed by atoms with Crippen LogP contribution in [0.4, 0.5) is 17.3 Å². The quantitative estimate of drug-likeness (QED) is 0.159. The van der Waals surface area contributed by atoms with Crippen molar-refractivity contribution in [3.63, 3.8) is 0 Å². The molecule has 0 bridgehead atoms. The summed E-state index contributed by atoms with van der Waals surface area (Å²) in [6.07, 6.45) is 0. The number of para-hydroxylation sites is 3. The molecule has 13 aromatic rings. The number of fused-ring (bicyclic) bond motifs is 12. The molecule has 350 valence electrons. The van der Waals surface area contributed by atoms with E-state index in [4.69, 9.17) is 19.9 Å². The van der Waals surface area contributed by atoms with Crippen LogP contribution in [-0.2, 0) is 5.41 Å². The lowest BCUT2D eigenvalue weighted by Crippen LogP contribution is -2.36. The van der Waals surface area contributed by atoms with Gasteiger partial charge in [-0.1, -0.05) is 218 Å². The van der Waals surface area contributed by atoms with Crippen molar-refractivity contribution in [1.82, 2.24) is 24.5 Å². The van der Waals surface area contributed by atoms with Crippen LogP contribution in [-0.4, -0.2) is 24.5 Å². The fourth-order valence-electron chi connectivity index (χ4n) is 12.0. The molecule has 0 atom stereocenters. The third-order valence-electron chi connectivity index (χ3n) is 15.3. The van der Waals surface area contributed by atoms with Crippen LogP contribution in [0.3, 0.4) is 0 Å². The molecule has 1 aliphatic carbocycles. The molecule has 2 aliphatic rings. The van der Waals surface area contributed by atoms with Crippen molar-refractivity contribution in [2.75, 3.05) is 4.90 Å². The van der Waals surface area contributed by atoms with Crippen molar-refractivity contribution in [3.8, 4) is 73.2 Å². The van der Waals surface area contributed by atoms with Gasteiger partial charge in [0.1, 0.15) is 5.82 Å². The zero-order chi connectivity index (χ0) is 49.5. The third kappa shape index (κ3) is 6.66. The van der Waals surface area contributed by atoms with E-state index in [1.54, 1.807) is 0 Å². The molecular weight excluding hydrogens is 913 g/mol. The lowest BCUT2D eigenvalue weighted by molar-refractivity contribution is 0.749. The van der Waals surface area contributed by atoms with Crippen molar-refractivity contribution >= 4 is 39.1 Å². The summed E-state index contributed by atoms with van der Waals surface area (Å²) in [4.78, 5) is 23.4. The second-order valence-corrected chi connectivity index (χ2v) is 19.4. The summed E-state index contributed by atoms with van der Waals surface area (Å²) in [6, 6.07) is 95.3. The van der Waals surface area contributed by atoms with Crippen LogP contribution in [0.15, 0.2) is 267 Å². The topological polar surface area (TPSA) is 59.7 Å². The fraction of sp³-hybridized carbons (Fsp3) is 0.0145. The van der Waals surface area contributed by atoms with E-state index >= 15 is 0 Å². The zero-order valence-corrected chi connectivity index (χ0v) is 40.6. The van der Waals surface area contributed by atoms with E-state index in [1.807, 2.05) is 36.4 Å². The minimum absolute atomic E-state index is 0.559. The number of aromatic nitrogens is 5. The Hall–Kier alpha value is -10.0. The Balaban J connectivity index is 0.919. The molecule has 4 heterocycles. The van der Waals surface area contributed by atoms with E-state index < -0.39 is 5.41 Å². The predicted molar refractivity (Wildman–Crippen MR) is 305 cm³/mol. The van der Waals surface area contributed by atoms with Crippen LogP contribution >= 0.6 is 0 Å². The van der Waals surface area contributed by atoms with Gasteiger partial charge in [-0.15, -0.1) is 0 Å². The van der Waals surface area contributed by atoms with Crippen molar-refractivity contribution < 1.29 is 0 Å². The number of pyridine rings is 1. The van der Waals surface area contributed by atoms with Gasteiger partial charge in [-0.05, 0) is 104 Å². The number of nitrogens with zero attached hydrogens (tertiary/aromatic N) is 6. The van der Waals surface area contributed by atoms with E-state index in [0.29, 0.717) is 17.6 Å². The van der Waals surface area contributed by atoms with Gasteiger partial charge in [-0.3, -0.25) is 9.47 Å². The number of benzene rings is 10. The first-order valence-corrected chi connectivity index (χ1v) is 25.5. The van der Waals surface area contributed by atoms with E-state index in [-0.39, 0.29) is 0 Å². The third-order valence-corrected chi connectivity index (χ3v) is 15.3. The smallest absolute Gasteiger partial charge is 0.238 e. The summed E-state index contributed by atoms with van der Waals surface area (Å²) in [7, 11) is 0. The zero-order valence-electron chi connectivity index (χ0n) is 40.6. The van der Waals surface area contributed by atoms with Gasteiger partial charge in [-0.25, -0.2) is 9.97 Å². The van der Waals surface area contributed by atoms with Crippen molar-refractivity contribution in [2.24, 2.45) is 0 Å². The Morgan fingerprint density at radius 2 is 0.800 bits per heavy atom. The van der Waals surface area contributed by atoms with Gasteiger partial charge in [-0.2, -0.15) is 9.97 Å². The number of hydrogen-bond donors (Lipinski definition) is 0. The van der Waals surface area contributed by atoms with Crippen LogP contribution < -0.4 is 4.90 Å². The SMILES string of the molecule is c1ccc(-c2cc(-c3ccccc3)nc(-n3c4ccccc4c4cc(-c5ccc6c(c5)C5(c7ccccc7-6)c6ccccc6N(c6nc(-c7ccccc7)nc(-c7ccccc7)n6)c6ccccc65)ccc43)c2)cc1. The summed E-state index contributed by atoms with van der Waals surface area (Å²) in [6.45, 7) is 0. The summed E-state index contributed by atoms with van der Waals surface area (Å²) >= 11 is 0. The maximum Gasteiger partial charge on any atom is 0.238 e. The molecule has 15 rings (SSSR count). The summed E-state index contributed by atoms with van der Waals surface area (Å²) in [5, 5.41) is 2.34. The van der Waals surface area contributed by atoms with Gasteiger partial charge < -0.3 is 0 Å². The molecule has 0 saturated carbocycles. The highest BCUT2D eigenvalue weighted by Crippen LogP contribution is 2.63. The molecule has 0 fully saturated rings. The van der Waals surface area contributed by atoms with Crippen molar-refractivity contribution in [3.05, 3.63) is 289 Å². The molecule has 0 radical (unpaired) electrons. The number of hydrogen-bond acceptors (Lipinski definition) is 5. The van der Waals surface area contributed by atoms with Crippen LogP contribution in [0.1, 0.15) is 22.3 Å². The minimum Gasteiger partial charge on any atom is -0.294 e. The Morgan fingerprint density at radius 3 is 1.47 bits per heavy atom. The molecule has 6 heteroatoms. The Morgan fingerprint density at radius 1 is 0.293 bits per heavy atom. The normalized spacial score (nSPS) is 12.9. The van der Waals surface area contributed by atoms with Crippen molar-refractivity contribution in [1.29, 1.82) is 0 Å². The fourth-order valence-corrected chi connectivity index (χ4v) is 12.0.